The van der Waals surface area contributed by atoms with E-state index < -0.39 is 0 Å². The molecule has 0 spiro atoms. The molecule has 0 nitrogen and oxygen atoms in total. The highest BCUT2D eigenvalue weighted by molar-refractivity contribution is 5.75. The maximum absolute atomic E-state index is 2.40. The molecule has 0 saturated carbocycles. The van der Waals surface area contributed by atoms with Gasteiger partial charge in [0.25, 0.3) is 0 Å². The van der Waals surface area contributed by atoms with Crippen LogP contribution in [0.3, 0.4) is 0 Å². The zero-order valence-corrected chi connectivity index (χ0v) is 9.42. The highest BCUT2D eigenvalue weighted by atomic mass is 14.3. The third-order valence-electron chi connectivity index (χ3n) is 3.99. The van der Waals surface area contributed by atoms with Crippen LogP contribution in [-0.4, -0.2) is 0 Å². The number of allylic oxidation sites excluding steroid dienone is 2. The average Bonchev–Trinajstić information content (AvgIpc) is 2.29. The van der Waals surface area contributed by atoms with Gasteiger partial charge in [-0.15, -0.1) is 0 Å². The van der Waals surface area contributed by atoms with Crippen LogP contribution >= 0.6 is 0 Å². The topological polar surface area (TPSA) is 0 Å². The van der Waals surface area contributed by atoms with Crippen molar-refractivity contribution in [1.82, 2.24) is 0 Å². The first kappa shape index (κ1) is 9.21. The molecule has 0 heteroatoms. The number of hydrogen-bond acceptors (Lipinski definition) is 0. The Hall–Kier alpha value is -1.04. The summed E-state index contributed by atoms with van der Waals surface area (Å²) in [4.78, 5) is 0. The van der Waals surface area contributed by atoms with Crippen molar-refractivity contribution in [3.05, 3.63) is 41.0 Å². The summed E-state index contributed by atoms with van der Waals surface area (Å²) in [5, 5.41) is 0. The molecule has 0 bridgehead atoms. The third kappa shape index (κ3) is 1.43. The number of fused-ring (bicyclic) bond motifs is 2. The molecule has 2 aliphatic carbocycles. The Bertz CT molecular complexity index is 412. The molecule has 0 aromatic heterocycles. The maximum Gasteiger partial charge on any atom is -0.0185 e. The fourth-order valence-electron chi connectivity index (χ4n) is 3.25. The number of hydrogen-bond donors (Lipinski definition) is 0. The van der Waals surface area contributed by atoms with Gasteiger partial charge in [0.1, 0.15) is 0 Å². The Morgan fingerprint density at radius 1 is 1.07 bits per heavy atom. The molecule has 15 heavy (non-hydrogen) atoms. The van der Waals surface area contributed by atoms with Crippen molar-refractivity contribution in [2.75, 3.05) is 0 Å². The summed E-state index contributed by atoms with van der Waals surface area (Å²) >= 11 is 0. The van der Waals surface area contributed by atoms with E-state index in [0.29, 0.717) is 0 Å². The SMILES string of the molecule is C[C@H]1CCCC2=C1c1ccccc1CC2. The van der Waals surface area contributed by atoms with Crippen molar-refractivity contribution in [1.29, 1.82) is 0 Å². The van der Waals surface area contributed by atoms with E-state index in [1.54, 1.807) is 22.3 Å². The summed E-state index contributed by atoms with van der Waals surface area (Å²) in [6.07, 6.45) is 6.72. The minimum Gasteiger partial charge on any atom is -0.0658 e. The molecule has 1 aromatic rings. The Morgan fingerprint density at radius 3 is 2.87 bits per heavy atom. The first-order valence-electron chi connectivity index (χ1n) is 6.16. The fraction of sp³-hybridized carbons (Fsp3) is 0.467. The first-order chi connectivity index (χ1) is 7.36. The lowest BCUT2D eigenvalue weighted by Crippen LogP contribution is -2.14. The van der Waals surface area contributed by atoms with Crippen molar-refractivity contribution in [3.8, 4) is 0 Å². The second-order valence-electron chi connectivity index (χ2n) is 4.97. The molecular weight excluding hydrogens is 180 g/mol. The normalized spacial score (nSPS) is 24.7. The Morgan fingerprint density at radius 2 is 1.93 bits per heavy atom. The van der Waals surface area contributed by atoms with Gasteiger partial charge in [-0.3, -0.25) is 0 Å². The lowest BCUT2D eigenvalue weighted by atomic mass is 9.74. The highest BCUT2D eigenvalue weighted by Gasteiger charge is 2.25. The van der Waals surface area contributed by atoms with E-state index in [9.17, 15) is 0 Å². The van der Waals surface area contributed by atoms with Gasteiger partial charge in [-0.2, -0.15) is 0 Å². The van der Waals surface area contributed by atoms with Gasteiger partial charge in [-0.05, 0) is 54.7 Å². The fourth-order valence-corrected chi connectivity index (χ4v) is 3.25. The molecule has 0 radical (unpaired) electrons. The standard InChI is InChI=1S/C15H18/c1-11-5-4-7-13-10-9-12-6-2-3-8-14(12)15(11)13/h2-3,6,8,11H,4-5,7,9-10H2,1H3/t11-/m0/s1. The van der Waals surface area contributed by atoms with Crippen molar-refractivity contribution < 1.29 is 0 Å². The van der Waals surface area contributed by atoms with E-state index in [1.807, 2.05) is 0 Å². The molecule has 0 unspecified atom stereocenters. The third-order valence-corrected chi connectivity index (χ3v) is 3.99. The average molecular weight is 198 g/mol. The van der Waals surface area contributed by atoms with Gasteiger partial charge in [0, 0.05) is 0 Å². The molecule has 0 heterocycles. The largest absolute Gasteiger partial charge is 0.0658 e. The van der Waals surface area contributed by atoms with Crippen LogP contribution in [0.25, 0.3) is 5.57 Å². The van der Waals surface area contributed by atoms with Crippen molar-refractivity contribution >= 4 is 5.57 Å². The minimum atomic E-state index is 0.787. The Labute approximate surface area is 92.0 Å². The van der Waals surface area contributed by atoms with Gasteiger partial charge >= 0.3 is 0 Å². The lowest BCUT2D eigenvalue weighted by Gasteiger charge is -2.31. The van der Waals surface area contributed by atoms with Gasteiger partial charge in [0.05, 0.1) is 0 Å². The van der Waals surface area contributed by atoms with E-state index in [0.717, 1.165) is 5.92 Å². The second-order valence-corrected chi connectivity index (χ2v) is 4.97. The number of rotatable bonds is 0. The van der Waals surface area contributed by atoms with Gasteiger partial charge < -0.3 is 0 Å². The van der Waals surface area contributed by atoms with E-state index in [1.165, 1.54) is 32.1 Å². The van der Waals surface area contributed by atoms with Crippen LogP contribution in [0, 0.1) is 5.92 Å². The van der Waals surface area contributed by atoms with Crippen LogP contribution in [0.2, 0.25) is 0 Å². The summed E-state index contributed by atoms with van der Waals surface area (Å²) in [5.41, 5.74) is 6.59. The summed E-state index contributed by atoms with van der Waals surface area (Å²) in [5.74, 6) is 0.787. The Kier molecular flexibility index (Phi) is 2.16. The van der Waals surface area contributed by atoms with E-state index in [2.05, 4.69) is 31.2 Å². The van der Waals surface area contributed by atoms with Crippen LogP contribution in [0.5, 0.6) is 0 Å². The molecule has 0 aliphatic heterocycles. The molecule has 0 saturated heterocycles. The number of aryl methyl sites for hydroxylation is 1. The monoisotopic (exact) mass is 198 g/mol. The van der Waals surface area contributed by atoms with E-state index in [-0.39, 0.29) is 0 Å². The summed E-state index contributed by atoms with van der Waals surface area (Å²) in [7, 11) is 0. The molecule has 0 amide bonds. The van der Waals surface area contributed by atoms with Gasteiger partial charge in [0.2, 0.25) is 0 Å². The van der Waals surface area contributed by atoms with Crippen LogP contribution < -0.4 is 0 Å². The smallest absolute Gasteiger partial charge is 0.0185 e. The van der Waals surface area contributed by atoms with Crippen LogP contribution in [-0.2, 0) is 6.42 Å². The second kappa shape index (κ2) is 3.52. The van der Waals surface area contributed by atoms with Gasteiger partial charge in [-0.1, -0.05) is 36.8 Å². The molecular formula is C15H18. The molecule has 0 fully saturated rings. The zero-order chi connectivity index (χ0) is 10.3. The Balaban J connectivity index is 2.16. The summed E-state index contributed by atoms with van der Waals surface area (Å²) < 4.78 is 0. The highest BCUT2D eigenvalue weighted by Crippen LogP contribution is 2.42. The van der Waals surface area contributed by atoms with E-state index >= 15 is 0 Å². The van der Waals surface area contributed by atoms with Crippen LogP contribution in [0.1, 0.15) is 43.7 Å². The van der Waals surface area contributed by atoms with Crippen LogP contribution in [0.4, 0.5) is 0 Å². The first-order valence-corrected chi connectivity index (χ1v) is 6.16. The van der Waals surface area contributed by atoms with Crippen molar-refractivity contribution in [3.63, 3.8) is 0 Å². The van der Waals surface area contributed by atoms with E-state index in [4.69, 9.17) is 0 Å². The summed E-state index contributed by atoms with van der Waals surface area (Å²) in [6, 6.07) is 9.00. The molecule has 1 atom stereocenters. The van der Waals surface area contributed by atoms with Crippen molar-refractivity contribution in [2.24, 2.45) is 5.92 Å². The van der Waals surface area contributed by atoms with Gasteiger partial charge in [-0.25, -0.2) is 0 Å². The number of benzene rings is 1. The molecule has 78 valence electrons. The van der Waals surface area contributed by atoms with Crippen LogP contribution in [0.15, 0.2) is 29.8 Å². The molecule has 1 aromatic carbocycles. The molecule has 0 N–H and O–H groups in total. The van der Waals surface area contributed by atoms with Gasteiger partial charge in [0.15, 0.2) is 0 Å². The molecule has 3 rings (SSSR count). The predicted octanol–water partition coefficient (Wildman–Crippen LogP) is 4.21. The zero-order valence-electron chi connectivity index (χ0n) is 9.42. The predicted molar refractivity (Wildman–Crippen MR) is 64.7 cm³/mol. The van der Waals surface area contributed by atoms with Crippen molar-refractivity contribution in [2.45, 2.75) is 39.0 Å². The summed E-state index contributed by atoms with van der Waals surface area (Å²) in [6.45, 7) is 2.40. The maximum atomic E-state index is 2.40. The lowest BCUT2D eigenvalue weighted by molar-refractivity contribution is 0.567. The minimum absolute atomic E-state index is 0.787. The molecule has 2 aliphatic rings. The quantitative estimate of drug-likeness (QED) is 0.586.